The summed E-state index contributed by atoms with van der Waals surface area (Å²) in [5.41, 5.74) is 1.34. The molecule has 2 rings (SSSR count). The number of hydrogen-bond acceptors (Lipinski definition) is 3. The van der Waals surface area contributed by atoms with E-state index in [1.54, 1.807) is 12.1 Å². The monoisotopic (exact) mass is 326 g/mol. The van der Waals surface area contributed by atoms with Crippen molar-refractivity contribution >= 4 is 29.1 Å². The number of carbonyl (C=O) groups excluding carboxylic acids is 1. The molecule has 0 unspecified atom stereocenters. The van der Waals surface area contributed by atoms with E-state index in [4.69, 9.17) is 27.7 Å². The summed E-state index contributed by atoms with van der Waals surface area (Å²) >= 11 is 11.7. The van der Waals surface area contributed by atoms with Crippen molar-refractivity contribution in [1.82, 2.24) is 10.5 Å². The molecule has 1 amide bonds. The van der Waals surface area contributed by atoms with Crippen molar-refractivity contribution in [3.63, 3.8) is 0 Å². The van der Waals surface area contributed by atoms with Crippen molar-refractivity contribution in [3.8, 4) is 0 Å². The van der Waals surface area contributed by atoms with Crippen LogP contribution in [0.3, 0.4) is 0 Å². The van der Waals surface area contributed by atoms with Gasteiger partial charge in [0.05, 0.1) is 22.3 Å². The summed E-state index contributed by atoms with van der Waals surface area (Å²) in [5, 5.41) is 7.49. The molecule has 1 aromatic carbocycles. The van der Waals surface area contributed by atoms with E-state index in [1.165, 1.54) is 6.07 Å². The lowest BCUT2D eigenvalue weighted by Gasteiger charge is -2.04. The van der Waals surface area contributed by atoms with Crippen LogP contribution in [0, 0.1) is 5.92 Å². The Labute approximate surface area is 133 Å². The Hall–Kier alpha value is -1.52. The van der Waals surface area contributed by atoms with Crippen molar-refractivity contribution in [2.75, 3.05) is 0 Å². The van der Waals surface area contributed by atoms with Gasteiger partial charge in [0.2, 0.25) is 0 Å². The van der Waals surface area contributed by atoms with Crippen molar-refractivity contribution in [2.24, 2.45) is 5.92 Å². The molecule has 0 saturated carbocycles. The molecule has 112 valence electrons. The maximum absolute atomic E-state index is 12.0. The predicted molar refractivity (Wildman–Crippen MR) is 82.7 cm³/mol. The number of halogens is 2. The third kappa shape index (κ3) is 4.48. The molecular weight excluding hydrogens is 311 g/mol. The highest BCUT2D eigenvalue weighted by molar-refractivity contribution is 6.42. The summed E-state index contributed by atoms with van der Waals surface area (Å²) in [6.45, 7) is 4.50. The molecular formula is C15H16Cl2N2O2. The van der Waals surface area contributed by atoms with Gasteiger partial charge in [0.15, 0.2) is 5.76 Å². The molecule has 0 radical (unpaired) electrons. The van der Waals surface area contributed by atoms with Gasteiger partial charge in [-0.1, -0.05) is 42.2 Å². The van der Waals surface area contributed by atoms with Gasteiger partial charge in [-0.2, -0.15) is 0 Å². The third-order valence-electron chi connectivity index (χ3n) is 2.83. The minimum Gasteiger partial charge on any atom is -0.359 e. The smallest absolute Gasteiger partial charge is 0.251 e. The summed E-state index contributed by atoms with van der Waals surface area (Å²) in [6, 6.07) is 6.60. The normalized spacial score (nSPS) is 10.9. The molecule has 0 spiro atoms. The Bertz CT molecular complexity index is 638. The number of carbonyl (C=O) groups is 1. The molecule has 0 saturated heterocycles. The van der Waals surface area contributed by atoms with E-state index in [1.807, 2.05) is 6.07 Å². The van der Waals surface area contributed by atoms with E-state index in [2.05, 4.69) is 24.3 Å². The van der Waals surface area contributed by atoms with Gasteiger partial charge in [-0.15, -0.1) is 0 Å². The Balaban J connectivity index is 1.94. The van der Waals surface area contributed by atoms with E-state index in [9.17, 15) is 4.79 Å². The van der Waals surface area contributed by atoms with Crippen LogP contribution in [-0.2, 0) is 13.0 Å². The number of nitrogens with zero attached hydrogens (tertiary/aromatic N) is 1. The number of benzene rings is 1. The average Bonchev–Trinajstić information content (AvgIpc) is 2.86. The van der Waals surface area contributed by atoms with Gasteiger partial charge in [-0.3, -0.25) is 4.79 Å². The molecule has 4 nitrogen and oxygen atoms in total. The molecule has 0 aliphatic rings. The van der Waals surface area contributed by atoms with Crippen molar-refractivity contribution in [3.05, 3.63) is 51.3 Å². The van der Waals surface area contributed by atoms with Crippen LogP contribution in [0.25, 0.3) is 0 Å². The van der Waals surface area contributed by atoms with Crippen molar-refractivity contribution in [2.45, 2.75) is 26.8 Å². The fourth-order valence-corrected chi connectivity index (χ4v) is 2.16. The highest BCUT2D eigenvalue weighted by Crippen LogP contribution is 2.22. The first-order valence-electron chi connectivity index (χ1n) is 6.63. The first kappa shape index (κ1) is 15.9. The molecule has 1 heterocycles. The molecule has 1 aromatic heterocycles. The second-order valence-electron chi connectivity index (χ2n) is 5.19. The molecule has 0 atom stereocenters. The number of nitrogens with one attached hydrogen (secondary N) is 1. The van der Waals surface area contributed by atoms with E-state index in [0.717, 1.165) is 12.1 Å². The van der Waals surface area contributed by atoms with Crippen LogP contribution < -0.4 is 5.32 Å². The zero-order valence-corrected chi connectivity index (χ0v) is 13.3. The zero-order chi connectivity index (χ0) is 15.4. The van der Waals surface area contributed by atoms with Gasteiger partial charge in [-0.05, 0) is 30.5 Å². The van der Waals surface area contributed by atoms with Crippen LogP contribution in [0.1, 0.15) is 35.7 Å². The minimum absolute atomic E-state index is 0.240. The summed E-state index contributed by atoms with van der Waals surface area (Å²) < 4.78 is 5.18. The first-order valence-corrected chi connectivity index (χ1v) is 7.39. The number of hydrogen-bond donors (Lipinski definition) is 1. The maximum atomic E-state index is 12.0. The topological polar surface area (TPSA) is 55.1 Å². The Morgan fingerprint density at radius 3 is 2.71 bits per heavy atom. The van der Waals surface area contributed by atoms with Crippen LogP contribution in [0.2, 0.25) is 10.0 Å². The lowest BCUT2D eigenvalue weighted by molar-refractivity contribution is 0.0947. The number of amides is 1. The quantitative estimate of drug-likeness (QED) is 0.899. The lowest BCUT2D eigenvalue weighted by atomic mass is 10.1. The molecule has 2 aromatic rings. The Morgan fingerprint density at radius 2 is 2.05 bits per heavy atom. The summed E-state index contributed by atoms with van der Waals surface area (Å²) in [5.74, 6) is 0.892. The van der Waals surface area contributed by atoms with E-state index < -0.39 is 0 Å². The van der Waals surface area contributed by atoms with Gasteiger partial charge >= 0.3 is 0 Å². The fourth-order valence-electron chi connectivity index (χ4n) is 1.86. The molecule has 0 aliphatic carbocycles. The van der Waals surface area contributed by atoms with Crippen LogP contribution >= 0.6 is 23.2 Å². The van der Waals surface area contributed by atoms with Gasteiger partial charge in [0.1, 0.15) is 0 Å². The van der Waals surface area contributed by atoms with Crippen molar-refractivity contribution < 1.29 is 9.32 Å². The Morgan fingerprint density at radius 1 is 1.29 bits per heavy atom. The molecule has 1 N–H and O–H groups in total. The largest absolute Gasteiger partial charge is 0.359 e. The Kier molecular flexibility index (Phi) is 5.26. The molecule has 21 heavy (non-hydrogen) atoms. The van der Waals surface area contributed by atoms with Gasteiger partial charge in [0.25, 0.3) is 5.91 Å². The molecule has 6 heteroatoms. The predicted octanol–water partition coefficient (Wildman–Crippen LogP) is 4.11. The first-order chi connectivity index (χ1) is 9.95. The molecule has 0 aliphatic heterocycles. The highest BCUT2D eigenvalue weighted by Gasteiger charge is 2.10. The standard InChI is InChI=1S/C15H16Cl2N2O2/c1-9(2)5-11-7-12(21-19-11)8-18-15(20)10-3-4-13(16)14(17)6-10/h3-4,6-7,9H,5,8H2,1-2H3,(H,18,20). The lowest BCUT2D eigenvalue weighted by Crippen LogP contribution is -2.22. The van der Waals surface area contributed by atoms with Crippen molar-refractivity contribution in [1.29, 1.82) is 0 Å². The van der Waals surface area contributed by atoms with E-state index in [-0.39, 0.29) is 12.5 Å². The second-order valence-corrected chi connectivity index (χ2v) is 6.01. The minimum atomic E-state index is -0.240. The summed E-state index contributed by atoms with van der Waals surface area (Å²) in [7, 11) is 0. The summed E-state index contributed by atoms with van der Waals surface area (Å²) in [4.78, 5) is 12.0. The van der Waals surface area contributed by atoms with Gasteiger partial charge in [-0.25, -0.2) is 0 Å². The SMILES string of the molecule is CC(C)Cc1cc(CNC(=O)c2ccc(Cl)c(Cl)c2)on1. The second kappa shape index (κ2) is 6.96. The van der Waals surface area contributed by atoms with Gasteiger partial charge in [0, 0.05) is 11.6 Å². The maximum Gasteiger partial charge on any atom is 0.251 e. The number of rotatable bonds is 5. The highest BCUT2D eigenvalue weighted by atomic mass is 35.5. The van der Waals surface area contributed by atoms with Crippen LogP contribution in [-0.4, -0.2) is 11.1 Å². The average molecular weight is 327 g/mol. The van der Waals surface area contributed by atoms with Crippen LogP contribution in [0.5, 0.6) is 0 Å². The van der Waals surface area contributed by atoms with Gasteiger partial charge < -0.3 is 9.84 Å². The summed E-state index contributed by atoms with van der Waals surface area (Å²) in [6.07, 6.45) is 0.851. The molecule has 0 fully saturated rings. The van der Waals surface area contributed by atoms with Crippen LogP contribution in [0.15, 0.2) is 28.8 Å². The van der Waals surface area contributed by atoms with E-state index >= 15 is 0 Å². The molecule has 0 bridgehead atoms. The van der Waals surface area contributed by atoms with E-state index in [0.29, 0.717) is 27.3 Å². The van der Waals surface area contributed by atoms with Crippen LogP contribution in [0.4, 0.5) is 0 Å². The number of aromatic nitrogens is 1. The zero-order valence-electron chi connectivity index (χ0n) is 11.8. The third-order valence-corrected chi connectivity index (χ3v) is 3.57. The fraction of sp³-hybridized carbons (Fsp3) is 0.333.